The number of carbonyl (C=O) groups excluding carboxylic acids is 2. The summed E-state index contributed by atoms with van der Waals surface area (Å²) in [4.78, 5) is 24.2. The van der Waals surface area contributed by atoms with Crippen LogP contribution in [0, 0.1) is 17.7 Å². The molecule has 0 heterocycles. The Labute approximate surface area is 144 Å². The van der Waals surface area contributed by atoms with E-state index in [1.54, 1.807) is 24.3 Å². The number of benzene rings is 2. The Morgan fingerprint density at radius 2 is 1.71 bits per heavy atom. The average molecular weight is 347 g/mol. The van der Waals surface area contributed by atoms with Crippen molar-refractivity contribution in [3.8, 4) is 0 Å². The summed E-state index contributed by atoms with van der Waals surface area (Å²) < 4.78 is 13.5. The van der Waals surface area contributed by atoms with Crippen LogP contribution in [0.15, 0.2) is 48.5 Å². The highest BCUT2D eigenvalue weighted by molar-refractivity contribution is 6.30. The lowest BCUT2D eigenvalue weighted by Crippen LogP contribution is -2.27. The second-order valence-electron chi connectivity index (χ2n) is 5.76. The number of amides is 2. The smallest absolute Gasteiger partial charge is 0.228 e. The molecular weight excluding hydrogens is 331 g/mol. The number of hydrogen-bond acceptors (Lipinski definition) is 2. The largest absolute Gasteiger partial charge is 0.352 e. The highest BCUT2D eigenvalue weighted by Gasteiger charge is 2.48. The van der Waals surface area contributed by atoms with E-state index >= 15 is 0 Å². The van der Waals surface area contributed by atoms with Gasteiger partial charge in [0.1, 0.15) is 5.82 Å². The van der Waals surface area contributed by atoms with E-state index in [9.17, 15) is 14.0 Å². The molecule has 0 aliphatic heterocycles. The minimum Gasteiger partial charge on any atom is -0.352 e. The molecule has 0 bridgehead atoms. The fourth-order valence-corrected chi connectivity index (χ4v) is 2.61. The molecule has 0 spiro atoms. The van der Waals surface area contributed by atoms with E-state index in [0.717, 1.165) is 5.56 Å². The lowest BCUT2D eigenvalue weighted by molar-refractivity contribution is -0.125. The molecule has 0 saturated heterocycles. The number of halogens is 2. The van der Waals surface area contributed by atoms with Crippen LogP contribution >= 0.6 is 11.6 Å². The topological polar surface area (TPSA) is 58.2 Å². The zero-order valence-corrected chi connectivity index (χ0v) is 13.5. The highest BCUT2D eigenvalue weighted by Crippen LogP contribution is 2.39. The number of anilines is 1. The van der Waals surface area contributed by atoms with Crippen LogP contribution in [0.3, 0.4) is 0 Å². The van der Waals surface area contributed by atoms with Gasteiger partial charge in [-0.3, -0.25) is 9.59 Å². The van der Waals surface area contributed by atoms with E-state index in [1.165, 1.54) is 12.1 Å². The Balaban J connectivity index is 1.49. The number of nitrogens with one attached hydrogen (secondary N) is 2. The molecule has 1 aliphatic carbocycles. The van der Waals surface area contributed by atoms with Crippen LogP contribution in [0.4, 0.5) is 10.1 Å². The molecule has 0 aromatic heterocycles. The summed E-state index contributed by atoms with van der Waals surface area (Å²) in [6.45, 7) is 0.383. The molecule has 24 heavy (non-hydrogen) atoms. The maximum absolute atomic E-state index is 13.5. The van der Waals surface area contributed by atoms with Gasteiger partial charge in [0.05, 0.1) is 17.5 Å². The molecule has 6 heteroatoms. The van der Waals surface area contributed by atoms with Crippen molar-refractivity contribution in [3.05, 3.63) is 64.9 Å². The molecule has 1 fully saturated rings. The number of carbonyl (C=O) groups is 2. The maximum atomic E-state index is 13.5. The third kappa shape index (κ3) is 3.92. The minimum absolute atomic E-state index is 0.134. The van der Waals surface area contributed by atoms with Crippen LogP contribution in [0.25, 0.3) is 0 Å². The number of para-hydroxylation sites is 1. The summed E-state index contributed by atoms with van der Waals surface area (Å²) in [5.74, 6) is -1.75. The van der Waals surface area contributed by atoms with Crippen molar-refractivity contribution >= 4 is 29.1 Å². The summed E-state index contributed by atoms with van der Waals surface area (Å²) in [5.41, 5.74) is 1.07. The summed E-state index contributed by atoms with van der Waals surface area (Å²) in [7, 11) is 0. The first-order valence-electron chi connectivity index (χ1n) is 7.62. The van der Waals surface area contributed by atoms with E-state index in [4.69, 9.17) is 11.6 Å². The van der Waals surface area contributed by atoms with Crippen molar-refractivity contribution in [1.29, 1.82) is 0 Å². The van der Waals surface area contributed by atoms with Crippen LogP contribution in [0.5, 0.6) is 0 Å². The van der Waals surface area contributed by atoms with Crippen molar-refractivity contribution < 1.29 is 14.0 Å². The summed E-state index contributed by atoms with van der Waals surface area (Å²) in [6.07, 6.45) is 0.479. The van der Waals surface area contributed by atoms with Crippen molar-refractivity contribution in [2.24, 2.45) is 11.8 Å². The molecule has 4 nitrogen and oxygen atoms in total. The van der Waals surface area contributed by atoms with Crippen molar-refractivity contribution in [2.45, 2.75) is 13.0 Å². The molecule has 0 radical (unpaired) electrons. The van der Waals surface area contributed by atoms with Crippen molar-refractivity contribution in [3.63, 3.8) is 0 Å². The average Bonchev–Trinajstić information content (AvgIpc) is 3.37. The zero-order valence-electron chi connectivity index (χ0n) is 12.8. The number of hydrogen-bond donors (Lipinski definition) is 2. The van der Waals surface area contributed by atoms with E-state index in [-0.39, 0.29) is 23.4 Å². The standard InChI is InChI=1S/C18H16ClFN2O2/c19-12-7-5-11(6-8-12)10-21-17(23)13-9-14(13)18(24)22-16-4-2-1-3-15(16)20/h1-8,13-14H,9-10H2,(H,21,23)(H,22,24). The quantitative estimate of drug-likeness (QED) is 0.872. The second kappa shape index (κ2) is 7.01. The predicted octanol–water partition coefficient (Wildman–Crippen LogP) is 3.37. The molecule has 2 atom stereocenters. The first-order valence-corrected chi connectivity index (χ1v) is 8.00. The van der Waals surface area contributed by atoms with E-state index in [1.807, 2.05) is 12.1 Å². The van der Waals surface area contributed by atoms with Crippen molar-refractivity contribution in [1.82, 2.24) is 5.32 Å². The van der Waals surface area contributed by atoms with Crippen LogP contribution in [0.2, 0.25) is 5.02 Å². The van der Waals surface area contributed by atoms with Gasteiger partial charge < -0.3 is 10.6 Å². The second-order valence-corrected chi connectivity index (χ2v) is 6.20. The van der Waals surface area contributed by atoms with Gasteiger partial charge in [0, 0.05) is 11.6 Å². The molecule has 2 aromatic carbocycles. The first-order chi connectivity index (χ1) is 11.5. The Morgan fingerprint density at radius 3 is 2.42 bits per heavy atom. The fourth-order valence-electron chi connectivity index (χ4n) is 2.49. The minimum atomic E-state index is -0.491. The van der Waals surface area contributed by atoms with Crippen LogP contribution < -0.4 is 10.6 Å². The zero-order chi connectivity index (χ0) is 17.1. The van der Waals surface area contributed by atoms with E-state index in [2.05, 4.69) is 10.6 Å². The third-order valence-electron chi connectivity index (χ3n) is 3.98. The van der Waals surface area contributed by atoms with Gasteiger partial charge in [0.25, 0.3) is 0 Å². The number of rotatable bonds is 5. The lowest BCUT2D eigenvalue weighted by Gasteiger charge is -2.07. The van der Waals surface area contributed by atoms with Gasteiger partial charge in [-0.2, -0.15) is 0 Å². The molecule has 2 aromatic rings. The van der Waals surface area contributed by atoms with Gasteiger partial charge >= 0.3 is 0 Å². The van der Waals surface area contributed by atoms with E-state index in [0.29, 0.717) is 18.0 Å². The molecule has 2 unspecified atom stereocenters. The molecule has 2 N–H and O–H groups in total. The molecule has 124 valence electrons. The third-order valence-corrected chi connectivity index (χ3v) is 4.23. The van der Waals surface area contributed by atoms with Crippen molar-refractivity contribution in [2.75, 3.05) is 5.32 Å². The Bertz CT molecular complexity index is 764. The molecular formula is C18H16ClFN2O2. The van der Waals surface area contributed by atoms with Gasteiger partial charge in [-0.1, -0.05) is 35.9 Å². The van der Waals surface area contributed by atoms with Gasteiger partial charge in [-0.15, -0.1) is 0 Å². The Morgan fingerprint density at radius 1 is 1.04 bits per heavy atom. The first kappa shape index (κ1) is 16.5. The normalized spacial score (nSPS) is 18.8. The molecule has 3 rings (SSSR count). The van der Waals surface area contributed by atoms with E-state index < -0.39 is 11.7 Å². The summed E-state index contributed by atoms with van der Waals surface area (Å²) in [5, 5.41) is 5.97. The fraction of sp³-hybridized carbons (Fsp3) is 0.222. The van der Waals surface area contributed by atoms with Gasteiger partial charge in [-0.25, -0.2) is 4.39 Å². The molecule has 1 aliphatic rings. The Hall–Kier alpha value is -2.40. The predicted molar refractivity (Wildman–Crippen MR) is 89.9 cm³/mol. The molecule has 2 amide bonds. The monoisotopic (exact) mass is 346 g/mol. The maximum Gasteiger partial charge on any atom is 0.228 e. The SMILES string of the molecule is O=C(NCc1ccc(Cl)cc1)C1CC1C(=O)Nc1ccccc1F. The molecule has 1 saturated carbocycles. The van der Waals surface area contributed by atoms with Crippen LogP contribution in [0.1, 0.15) is 12.0 Å². The highest BCUT2D eigenvalue weighted by atomic mass is 35.5. The summed E-state index contributed by atoms with van der Waals surface area (Å²) >= 11 is 5.81. The van der Waals surface area contributed by atoms with Crippen LogP contribution in [-0.2, 0) is 16.1 Å². The summed E-state index contributed by atoms with van der Waals surface area (Å²) in [6, 6.07) is 13.1. The van der Waals surface area contributed by atoms with Gasteiger partial charge in [0.15, 0.2) is 0 Å². The lowest BCUT2D eigenvalue weighted by atomic mass is 10.2. The van der Waals surface area contributed by atoms with Crippen LogP contribution in [-0.4, -0.2) is 11.8 Å². The van der Waals surface area contributed by atoms with Gasteiger partial charge in [-0.05, 0) is 36.2 Å². The Kier molecular flexibility index (Phi) is 4.81. The van der Waals surface area contributed by atoms with Gasteiger partial charge in [0.2, 0.25) is 11.8 Å².